The second kappa shape index (κ2) is 10.6. The van der Waals surface area contributed by atoms with Crippen LogP contribution in [0.15, 0.2) is 0 Å². The van der Waals surface area contributed by atoms with Crippen LogP contribution in [-0.4, -0.2) is 16.7 Å². The maximum absolute atomic E-state index is 9.56. The average molecular weight is 147 g/mol. The highest BCUT2D eigenvalue weighted by Gasteiger charge is 1.65. The van der Waals surface area contributed by atoms with E-state index in [0.29, 0.717) is 6.42 Å². The summed E-state index contributed by atoms with van der Waals surface area (Å²) in [5, 5.41) is 7.82. The first kappa shape index (κ1) is 11.4. The second-order valence-electron chi connectivity index (χ2n) is 1.65. The molecule has 0 aliphatic carbocycles. The lowest BCUT2D eigenvalue weighted by atomic mass is 10.4. The first-order valence-corrected chi connectivity index (χ1v) is 4.73. The Labute approximate surface area is 59.3 Å². The van der Waals surface area contributed by atoms with Crippen molar-refractivity contribution in [2.24, 2.45) is 0 Å². The van der Waals surface area contributed by atoms with Crippen LogP contribution in [0.4, 0.5) is 0 Å². The largest absolute Gasteiger partial charge is 0.260 e. The third-order valence-electron chi connectivity index (χ3n) is 0.362. The lowest BCUT2D eigenvalue weighted by Gasteiger charge is -1.65. The number of hydrogen-bond acceptors (Lipinski definition) is 2. The third-order valence-corrected chi connectivity index (χ3v) is 0.362. The van der Waals surface area contributed by atoms with E-state index >= 15 is 0 Å². The van der Waals surface area contributed by atoms with Gasteiger partial charge in [0.25, 0.3) is 0 Å². The molecule has 0 unspecified atom stereocenters. The molecule has 0 aliphatic heterocycles. The molecule has 0 aromatic carbocycles. The zero-order chi connectivity index (χ0) is 7.70. The van der Waals surface area contributed by atoms with Crippen molar-refractivity contribution in [3.63, 3.8) is 0 Å². The van der Waals surface area contributed by atoms with Gasteiger partial charge in [-0.1, -0.05) is 6.92 Å². The smallest absolute Gasteiger partial charge is 0.0621 e. The van der Waals surface area contributed by atoms with Crippen molar-refractivity contribution in [1.29, 1.82) is 5.26 Å². The zero-order valence-corrected chi connectivity index (χ0v) is 6.99. The molecule has 0 bridgehead atoms. The first-order chi connectivity index (χ1) is 4.15. The van der Waals surface area contributed by atoms with Gasteiger partial charge < -0.3 is 0 Å². The molecule has 0 heterocycles. The molecule has 0 N–H and O–H groups in total. The van der Waals surface area contributed by atoms with Crippen molar-refractivity contribution in [2.45, 2.75) is 19.8 Å². The number of unbranched alkanes of at least 4 members (excludes halogenated alkanes) is 1. The molecule has 0 atom stereocenters. The zero-order valence-electron chi connectivity index (χ0n) is 6.18. The van der Waals surface area contributed by atoms with E-state index in [1.165, 1.54) is 0 Å². The van der Waals surface area contributed by atoms with Gasteiger partial charge in [0, 0.05) is 29.7 Å². The van der Waals surface area contributed by atoms with E-state index < -0.39 is 10.8 Å². The molecule has 0 radical (unpaired) electrons. The molecular weight excluding hydrogens is 134 g/mol. The summed E-state index contributed by atoms with van der Waals surface area (Å²) in [6.45, 7) is 1.99. The minimum atomic E-state index is -0.611. The molecule has 0 aliphatic rings. The van der Waals surface area contributed by atoms with E-state index in [2.05, 4.69) is 0 Å². The summed E-state index contributed by atoms with van der Waals surface area (Å²) in [6, 6.07) is 2.02. The molecule has 9 heavy (non-hydrogen) atoms. The fraction of sp³-hybridized carbons (Fsp3) is 0.833. The van der Waals surface area contributed by atoms with Crippen molar-refractivity contribution in [2.75, 3.05) is 12.5 Å². The molecule has 0 amide bonds. The van der Waals surface area contributed by atoms with Gasteiger partial charge in [0.2, 0.25) is 0 Å². The molecular formula is C6H13NOS. The van der Waals surface area contributed by atoms with E-state index in [-0.39, 0.29) is 0 Å². The van der Waals surface area contributed by atoms with Crippen molar-refractivity contribution >= 4 is 10.8 Å². The normalized spacial score (nSPS) is 7.44. The van der Waals surface area contributed by atoms with Gasteiger partial charge in [-0.25, -0.2) is 0 Å². The predicted molar refractivity (Wildman–Crippen MR) is 40.5 cm³/mol. The first-order valence-electron chi connectivity index (χ1n) is 2.77. The van der Waals surface area contributed by atoms with Crippen LogP contribution in [0.1, 0.15) is 19.8 Å². The Morgan fingerprint density at radius 3 is 1.89 bits per heavy atom. The average Bonchev–Trinajstić information content (AvgIpc) is 1.66. The van der Waals surface area contributed by atoms with Gasteiger partial charge >= 0.3 is 0 Å². The molecule has 0 rings (SSSR count). The van der Waals surface area contributed by atoms with Gasteiger partial charge in [-0.15, -0.1) is 0 Å². The van der Waals surface area contributed by atoms with Crippen molar-refractivity contribution in [3.8, 4) is 6.07 Å². The summed E-state index contributed by atoms with van der Waals surface area (Å²) in [6.07, 6.45) is 4.95. The highest BCUT2D eigenvalue weighted by Crippen LogP contribution is 1.77. The fourth-order valence-electron chi connectivity index (χ4n) is 0.112. The van der Waals surface area contributed by atoms with Crippen LogP contribution >= 0.6 is 0 Å². The summed E-state index contributed by atoms with van der Waals surface area (Å²) >= 11 is 0. The number of nitrogens with zero attached hydrogens (tertiary/aromatic N) is 1. The molecule has 2 nitrogen and oxygen atoms in total. The van der Waals surface area contributed by atoms with Gasteiger partial charge in [-0.3, -0.25) is 4.21 Å². The lowest BCUT2D eigenvalue weighted by molar-refractivity contribution is 0.690. The monoisotopic (exact) mass is 147 g/mol. The molecule has 0 aromatic heterocycles. The summed E-state index contributed by atoms with van der Waals surface area (Å²) in [4.78, 5) is 0. The van der Waals surface area contributed by atoms with Crippen molar-refractivity contribution < 1.29 is 4.21 Å². The van der Waals surface area contributed by atoms with Crippen LogP contribution in [0.3, 0.4) is 0 Å². The maximum Gasteiger partial charge on any atom is 0.0621 e. The summed E-state index contributed by atoms with van der Waals surface area (Å²) in [7, 11) is -0.611. The fourth-order valence-corrected chi connectivity index (χ4v) is 0.112. The molecule has 0 aromatic rings. The Morgan fingerprint density at radius 2 is 1.89 bits per heavy atom. The molecule has 0 saturated carbocycles. The van der Waals surface area contributed by atoms with Crippen LogP contribution < -0.4 is 0 Å². The Morgan fingerprint density at radius 1 is 1.56 bits per heavy atom. The lowest BCUT2D eigenvalue weighted by Crippen LogP contribution is -1.70. The van der Waals surface area contributed by atoms with E-state index in [9.17, 15) is 4.21 Å². The number of nitriles is 1. The second-order valence-corrected chi connectivity index (χ2v) is 3.13. The van der Waals surface area contributed by atoms with Gasteiger partial charge in [-0.2, -0.15) is 5.26 Å². The third kappa shape index (κ3) is 90.4. The van der Waals surface area contributed by atoms with E-state index in [4.69, 9.17) is 5.26 Å². The number of rotatable bonds is 1. The van der Waals surface area contributed by atoms with Gasteiger partial charge in [-0.05, 0) is 6.42 Å². The van der Waals surface area contributed by atoms with Gasteiger partial charge in [0.05, 0.1) is 6.07 Å². The Balaban J connectivity index is 0. The quantitative estimate of drug-likeness (QED) is 0.561. The predicted octanol–water partition coefficient (Wildman–Crippen LogP) is 1.30. The minimum absolute atomic E-state index is 0.611. The summed E-state index contributed by atoms with van der Waals surface area (Å²) in [5.41, 5.74) is 0. The highest BCUT2D eigenvalue weighted by atomic mass is 32.2. The highest BCUT2D eigenvalue weighted by molar-refractivity contribution is 7.83. The SMILES string of the molecule is CCCC#N.CS(C)=O. The van der Waals surface area contributed by atoms with E-state index in [1.807, 2.05) is 13.0 Å². The minimum Gasteiger partial charge on any atom is -0.260 e. The number of hydrogen-bond donors (Lipinski definition) is 0. The molecule has 0 spiro atoms. The van der Waals surface area contributed by atoms with Crippen LogP contribution in [0.5, 0.6) is 0 Å². The van der Waals surface area contributed by atoms with Crippen LogP contribution in [-0.2, 0) is 10.8 Å². The molecule has 3 heteroatoms. The summed E-state index contributed by atoms with van der Waals surface area (Å²) < 4.78 is 9.56. The van der Waals surface area contributed by atoms with Gasteiger partial charge in [0.1, 0.15) is 0 Å². The summed E-state index contributed by atoms with van der Waals surface area (Å²) in [5.74, 6) is 0. The van der Waals surface area contributed by atoms with E-state index in [1.54, 1.807) is 12.5 Å². The van der Waals surface area contributed by atoms with E-state index in [0.717, 1.165) is 6.42 Å². The Kier molecular flexibility index (Phi) is 13.5. The molecule has 0 saturated heterocycles. The van der Waals surface area contributed by atoms with Crippen LogP contribution in [0, 0.1) is 11.3 Å². The Bertz CT molecular complexity index is 102. The standard InChI is InChI=1S/C4H7N.C2H6OS/c1-2-3-4-5;1-4(2)3/h2-3H2,1H3;1-2H3. The van der Waals surface area contributed by atoms with Gasteiger partial charge in [0.15, 0.2) is 0 Å². The van der Waals surface area contributed by atoms with Crippen molar-refractivity contribution in [1.82, 2.24) is 0 Å². The Hall–Kier alpha value is -0.360. The van der Waals surface area contributed by atoms with Crippen LogP contribution in [0.25, 0.3) is 0 Å². The topological polar surface area (TPSA) is 40.9 Å². The molecule has 54 valence electrons. The van der Waals surface area contributed by atoms with Crippen molar-refractivity contribution in [3.05, 3.63) is 0 Å². The maximum atomic E-state index is 9.56. The molecule has 0 fully saturated rings. The van der Waals surface area contributed by atoms with Crippen LogP contribution in [0.2, 0.25) is 0 Å².